The van der Waals surface area contributed by atoms with Crippen LogP contribution in [0.1, 0.15) is 23.8 Å². The summed E-state index contributed by atoms with van der Waals surface area (Å²) in [5, 5.41) is 9.36. The van der Waals surface area contributed by atoms with E-state index in [0.717, 1.165) is 12.1 Å². The van der Waals surface area contributed by atoms with Gasteiger partial charge >= 0.3 is 12.2 Å². The SMILES string of the molecule is CC(Cl)c1nnc(Nc2ccc(C(F)(F)F)cc2Cl)o1. The third-order valence-corrected chi connectivity index (χ3v) is 2.82. The van der Waals surface area contributed by atoms with E-state index in [9.17, 15) is 13.2 Å². The molecule has 1 heterocycles. The number of hydrogen-bond donors (Lipinski definition) is 1. The number of nitrogens with one attached hydrogen (secondary N) is 1. The fourth-order valence-corrected chi connectivity index (χ4v) is 1.67. The van der Waals surface area contributed by atoms with Crippen molar-refractivity contribution < 1.29 is 17.6 Å². The van der Waals surface area contributed by atoms with Crippen LogP contribution in [0.5, 0.6) is 0 Å². The van der Waals surface area contributed by atoms with Crippen molar-refractivity contribution in [2.24, 2.45) is 0 Å². The van der Waals surface area contributed by atoms with Gasteiger partial charge in [-0.15, -0.1) is 16.7 Å². The summed E-state index contributed by atoms with van der Waals surface area (Å²) < 4.78 is 42.6. The number of aromatic nitrogens is 2. The Morgan fingerprint density at radius 3 is 2.50 bits per heavy atom. The Bertz CT molecular complexity index is 613. The van der Waals surface area contributed by atoms with Crippen LogP contribution in [0.25, 0.3) is 0 Å². The lowest BCUT2D eigenvalue weighted by molar-refractivity contribution is -0.137. The molecule has 1 aromatic carbocycles. The van der Waals surface area contributed by atoms with E-state index >= 15 is 0 Å². The van der Waals surface area contributed by atoms with Crippen molar-refractivity contribution in [1.29, 1.82) is 0 Å². The van der Waals surface area contributed by atoms with Crippen LogP contribution in [-0.4, -0.2) is 10.2 Å². The van der Waals surface area contributed by atoms with Crippen molar-refractivity contribution in [3.8, 4) is 0 Å². The van der Waals surface area contributed by atoms with Crippen molar-refractivity contribution in [3.05, 3.63) is 34.7 Å². The topological polar surface area (TPSA) is 51.0 Å². The molecule has 1 atom stereocenters. The molecule has 2 rings (SSSR count). The molecular weight excluding hydrogens is 318 g/mol. The second-order valence-corrected chi connectivity index (χ2v) is 4.94. The quantitative estimate of drug-likeness (QED) is 0.824. The summed E-state index contributed by atoms with van der Waals surface area (Å²) in [6.45, 7) is 1.64. The number of alkyl halides is 4. The van der Waals surface area contributed by atoms with Gasteiger partial charge in [-0.25, -0.2) is 0 Å². The summed E-state index contributed by atoms with van der Waals surface area (Å²) in [4.78, 5) is 0. The minimum Gasteiger partial charge on any atom is -0.406 e. The number of benzene rings is 1. The molecule has 1 N–H and O–H groups in total. The molecule has 0 saturated heterocycles. The molecule has 0 radical (unpaired) electrons. The number of nitrogens with zero attached hydrogens (tertiary/aromatic N) is 2. The smallest absolute Gasteiger partial charge is 0.406 e. The average Bonchev–Trinajstić information content (AvgIpc) is 2.79. The van der Waals surface area contributed by atoms with Crippen LogP contribution in [-0.2, 0) is 6.18 Å². The van der Waals surface area contributed by atoms with E-state index in [2.05, 4.69) is 15.5 Å². The lowest BCUT2D eigenvalue weighted by Crippen LogP contribution is -2.05. The molecule has 0 aliphatic rings. The Labute approximate surface area is 121 Å². The van der Waals surface area contributed by atoms with Gasteiger partial charge in [-0.3, -0.25) is 0 Å². The standard InChI is InChI=1S/C11H8Cl2F3N3O/c1-5(12)9-18-19-10(20-9)17-8-3-2-6(4-7(8)13)11(14,15)16/h2-5H,1H3,(H,17,19). The molecule has 2 aromatic rings. The van der Waals surface area contributed by atoms with Gasteiger partial charge in [0.25, 0.3) is 0 Å². The number of rotatable bonds is 3. The summed E-state index contributed by atoms with van der Waals surface area (Å²) in [6.07, 6.45) is -4.45. The fraction of sp³-hybridized carbons (Fsp3) is 0.273. The van der Waals surface area contributed by atoms with Crippen LogP contribution in [0, 0.1) is 0 Å². The average molecular weight is 326 g/mol. The highest BCUT2D eigenvalue weighted by molar-refractivity contribution is 6.33. The summed E-state index contributed by atoms with van der Waals surface area (Å²) in [5.74, 6) is 0.192. The second-order valence-electron chi connectivity index (χ2n) is 3.88. The van der Waals surface area contributed by atoms with Gasteiger partial charge in [-0.05, 0) is 25.1 Å². The molecule has 0 spiro atoms. The molecule has 0 amide bonds. The molecule has 0 aliphatic heterocycles. The maximum Gasteiger partial charge on any atom is 0.416 e. The third kappa shape index (κ3) is 3.34. The zero-order valence-corrected chi connectivity index (χ0v) is 11.5. The molecule has 0 bridgehead atoms. The second kappa shape index (κ2) is 5.49. The summed E-state index contributed by atoms with van der Waals surface area (Å²) in [5.41, 5.74) is -0.620. The minimum absolute atomic E-state index is 0.00541. The monoisotopic (exact) mass is 325 g/mol. The molecule has 20 heavy (non-hydrogen) atoms. The Kier molecular flexibility index (Phi) is 4.10. The largest absolute Gasteiger partial charge is 0.416 e. The fourth-order valence-electron chi connectivity index (χ4n) is 1.35. The van der Waals surface area contributed by atoms with Gasteiger partial charge in [0, 0.05) is 0 Å². The predicted molar refractivity (Wildman–Crippen MR) is 68.3 cm³/mol. The zero-order valence-electron chi connectivity index (χ0n) is 10.0. The van der Waals surface area contributed by atoms with Gasteiger partial charge in [0.2, 0.25) is 5.89 Å². The van der Waals surface area contributed by atoms with Crippen LogP contribution in [0.2, 0.25) is 5.02 Å². The Morgan fingerprint density at radius 1 is 1.30 bits per heavy atom. The first-order chi connectivity index (χ1) is 9.27. The van der Waals surface area contributed by atoms with Gasteiger partial charge in [-0.2, -0.15) is 13.2 Å². The van der Waals surface area contributed by atoms with E-state index in [-0.39, 0.29) is 22.6 Å². The highest BCUT2D eigenvalue weighted by atomic mass is 35.5. The zero-order chi connectivity index (χ0) is 14.9. The number of halogens is 5. The van der Waals surface area contributed by atoms with Crippen LogP contribution in [0.15, 0.2) is 22.6 Å². The Morgan fingerprint density at radius 2 is 2.00 bits per heavy atom. The molecule has 4 nitrogen and oxygen atoms in total. The maximum atomic E-state index is 12.5. The Balaban J connectivity index is 2.21. The lowest BCUT2D eigenvalue weighted by atomic mass is 10.2. The van der Waals surface area contributed by atoms with E-state index in [1.165, 1.54) is 6.07 Å². The van der Waals surface area contributed by atoms with E-state index < -0.39 is 17.1 Å². The first-order valence-corrected chi connectivity index (χ1v) is 6.20. The van der Waals surface area contributed by atoms with Gasteiger partial charge < -0.3 is 9.73 Å². The van der Waals surface area contributed by atoms with Crippen LogP contribution in [0.3, 0.4) is 0 Å². The summed E-state index contributed by atoms with van der Waals surface area (Å²) in [6, 6.07) is 2.88. The number of hydrogen-bond acceptors (Lipinski definition) is 4. The van der Waals surface area contributed by atoms with Crippen LogP contribution < -0.4 is 5.32 Å². The molecular formula is C11H8Cl2F3N3O. The van der Waals surface area contributed by atoms with Gasteiger partial charge in [0.05, 0.1) is 16.3 Å². The summed E-state index contributed by atoms with van der Waals surface area (Å²) in [7, 11) is 0. The lowest BCUT2D eigenvalue weighted by Gasteiger charge is -2.09. The molecule has 0 aliphatic carbocycles. The van der Waals surface area contributed by atoms with Gasteiger partial charge in [0.1, 0.15) is 5.38 Å². The molecule has 0 saturated carbocycles. The highest BCUT2D eigenvalue weighted by Gasteiger charge is 2.31. The molecule has 1 aromatic heterocycles. The van der Waals surface area contributed by atoms with E-state index in [1.807, 2.05) is 0 Å². The predicted octanol–water partition coefficient (Wildman–Crippen LogP) is 4.79. The maximum absolute atomic E-state index is 12.5. The van der Waals surface area contributed by atoms with E-state index in [4.69, 9.17) is 27.6 Å². The normalized spacial score (nSPS) is 13.3. The van der Waals surface area contributed by atoms with Crippen LogP contribution >= 0.6 is 23.2 Å². The third-order valence-electron chi connectivity index (χ3n) is 2.32. The van der Waals surface area contributed by atoms with Crippen molar-refractivity contribution in [2.75, 3.05) is 5.32 Å². The van der Waals surface area contributed by atoms with E-state index in [1.54, 1.807) is 6.92 Å². The van der Waals surface area contributed by atoms with Crippen molar-refractivity contribution in [2.45, 2.75) is 18.5 Å². The summed E-state index contributed by atoms with van der Waals surface area (Å²) >= 11 is 11.5. The van der Waals surface area contributed by atoms with Crippen molar-refractivity contribution in [3.63, 3.8) is 0 Å². The molecule has 0 fully saturated rings. The van der Waals surface area contributed by atoms with Crippen molar-refractivity contribution >= 4 is 34.9 Å². The molecule has 9 heteroatoms. The highest BCUT2D eigenvalue weighted by Crippen LogP contribution is 2.34. The molecule has 1 unspecified atom stereocenters. The van der Waals surface area contributed by atoms with Crippen LogP contribution in [0.4, 0.5) is 24.9 Å². The first-order valence-electron chi connectivity index (χ1n) is 5.38. The van der Waals surface area contributed by atoms with Crippen molar-refractivity contribution in [1.82, 2.24) is 10.2 Å². The van der Waals surface area contributed by atoms with Gasteiger partial charge in [-0.1, -0.05) is 16.7 Å². The first kappa shape index (κ1) is 14.9. The Hall–Kier alpha value is -1.47. The van der Waals surface area contributed by atoms with E-state index in [0.29, 0.717) is 0 Å². The molecule has 108 valence electrons. The minimum atomic E-state index is -4.45. The number of anilines is 2. The van der Waals surface area contributed by atoms with Gasteiger partial charge in [0.15, 0.2) is 0 Å².